The fourth-order valence-electron chi connectivity index (χ4n) is 1.91. The maximum absolute atomic E-state index is 9.69. The average Bonchev–Trinajstić information content (AvgIpc) is 2.48. The minimum absolute atomic E-state index is 0.546. The summed E-state index contributed by atoms with van der Waals surface area (Å²) in [5.41, 5.74) is 0.533. The van der Waals surface area contributed by atoms with Crippen molar-refractivity contribution in [1.82, 2.24) is 5.32 Å². The highest BCUT2D eigenvalue weighted by Gasteiger charge is 2.31. The number of unbranched alkanes of at least 4 members (excludes halogenated alkanes) is 1. The lowest BCUT2D eigenvalue weighted by atomic mass is 9.93. The van der Waals surface area contributed by atoms with Gasteiger partial charge in [-0.15, -0.1) is 0 Å². The predicted octanol–water partition coefficient (Wildman–Crippen LogP) is 3.94. The van der Waals surface area contributed by atoms with Crippen molar-refractivity contribution in [2.75, 3.05) is 18.1 Å². The molecule has 0 heterocycles. The van der Waals surface area contributed by atoms with E-state index in [0.29, 0.717) is 0 Å². The lowest BCUT2D eigenvalue weighted by Crippen LogP contribution is -2.44. The first-order valence-electron chi connectivity index (χ1n) is 7.08. The van der Waals surface area contributed by atoms with E-state index >= 15 is 0 Å². The highest BCUT2D eigenvalue weighted by Crippen LogP contribution is 2.25. The second-order valence-corrected chi connectivity index (χ2v) is 5.82. The van der Waals surface area contributed by atoms with Crippen molar-refractivity contribution in [3.05, 3.63) is 35.9 Å². The molecule has 0 saturated heterocycles. The van der Waals surface area contributed by atoms with E-state index in [1.165, 1.54) is 12.8 Å². The van der Waals surface area contributed by atoms with Gasteiger partial charge in [0.15, 0.2) is 0 Å². The van der Waals surface area contributed by atoms with Crippen molar-refractivity contribution in [1.29, 1.82) is 5.26 Å². The zero-order valence-corrected chi connectivity index (χ0v) is 12.8. The van der Waals surface area contributed by atoms with Crippen LogP contribution >= 0.6 is 11.8 Å². The van der Waals surface area contributed by atoms with Gasteiger partial charge in [-0.1, -0.05) is 50.6 Å². The van der Waals surface area contributed by atoms with Crippen molar-refractivity contribution < 1.29 is 0 Å². The molecule has 0 fully saturated rings. The molecule has 0 aliphatic heterocycles. The van der Waals surface area contributed by atoms with Gasteiger partial charge in [0.25, 0.3) is 0 Å². The van der Waals surface area contributed by atoms with E-state index in [2.05, 4.69) is 25.2 Å². The molecule has 2 nitrogen and oxygen atoms in total. The number of nitriles is 1. The summed E-state index contributed by atoms with van der Waals surface area (Å²) in [5.74, 6) is 1.94. The molecule has 0 aliphatic carbocycles. The molecule has 0 radical (unpaired) electrons. The lowest BCUT2D eigenvalue weighted by Gasteiger charge is -2.28. The van der Waals surface area contributed by atoms with Gasteiger partial charge in [-0.05, 0) is 30.7 Å². The van der Waals surface area contributed by atoms with E-state index in [4.69, 9.17) is 0 Å². The van der Waals surface area contributed by atoms with E-state index in [-0.39, 0.29) is 0 Å². The summed E-state index contributed by atoms with van der Waals surface area (Å²) in [6, 6.07) is 12.6. The number of nitrogens with zero attached hydrogens (tertiary/aromatic N) is 1. The Bertz CT molecular complexity index is 385. The summed E-state index contributed by atoms with van der Waals surface area (Å²) in [7, 11) is 0. The number of rotatable bonds is 9. The van der Waals surface area contributed by atoms with Gasteiger partial charge in [0.1, 0.15) is 5.54 Å². The van der Waals surface area contributed by atoms with Gasteiger partial charge in [-0.25, -0.2) is 0 Å². The molecule has 0 amide bonds. The van der Waals surface area contributed by atoms with Crippen LogP contribution in [0.3, 0.4) is 0 Å². The maximum Gasteiger partial charge on any atom is 0.141 e. The Balaban J connectivity index is 2.80. The van der Waals surface area contributed by atoms with Gasteiger partial charge in [-0.2, -0.15) is 17.0 Å². The van der Waals surface area contributed by atoms with Crippen LogP contribution in [0.2, 0.25) is 0 Å². The van der Waals surface area contributed by atoms with E-state index in [1.54, 1.807) is 0 Å². The number of hydrogen-bond acceptors (Lipinski definition) is 3. The molecule has 0 spiro atoms. The van der Waals surface area contributed by atoms with Crippen LogP contribution in [-0.4, -0.2) is 18.1 Å². The first-order valence-corrected chi connectivity index (χ1v) is 8.24. The molecule has 0 aromatic heterocycles. The fraction of sp³-hybridized carbons (Fsp3) is 0.562. The monoisotopic (exact) mass is 276 g/mol. The molecule has 0 saturated carbocycles. The Hall–Kier alpha value is -0.980. The van der Waals surface area contributed by atoms with Gasteiger partial charge >= 0.3 is 0 Å². The highest BCUT2D eigenvalue weighted by molar-refractivity contribution is 7.99. The number of hydrogen-bond donors (Lipinski definition) is 1. The van der Waals surface area contributed by atoms with Crippen molar-refractivity contribution in [3.8, 4) is 6.07 Å². The van der Waals surface area contributed by atoms with Crippen LogP contribution in [0, 0.1) is 11.3 Å². The maximum atomic E-state index is 9.69. The summed E-state index contributed by atoms with van der Waals surface area (Å²) in [6.45, 7) is 5.20. The minimum Gasteiger partial charge on any atom is -0.295 e. The minimum atomic E-state index is -0.546. The first-order chi connectivity index (χ1) is 9.29. The van der Waals surface area contributed by atoms with Gasteiger partial charge in [0.05, 0.1) is 6.07 Å². The molecule has 1 unspecified atom stereocenters. The molecule has 1 rings (SSSR count). The molecule has 0 aliphatic rings. The molecule has 3 heteroatoms. The number of benzene rings is 1. The summed E-state index contributed by atoms with van der Waals surface area (Å²) in [5, 5.41) is 13.1. The molecule has 1 atom stereocenters. The zero-order chi connectivity index (χ0) is 14.0. The molecular formula is C16H24N2S. The molecule has 1 aromatic rings. The zero-order valence-electron chi connectivity index (χ0n) is 12.0. The third kappa shape index (κ3) is 4.89. The van der Waals surface area contributed by atoms with E-state index in [9.17, 15) is 5.26 Å². The van der Waals surface area contributed by atoms with Crippen LogP contribution in [0.1, 0.15) is 38.7 Å². The van der Waals surface area contributed by atoms with E-state index in [0.717, 1.165) is 30.0 Å². The number of nitrogens with one attached hydrogen (secondary N) is 1. The Morgan fingerprint density at radius 3 is 2.53 bits per heavy atom. The Morgan fingerprint density at radius 2 is 1.95 bits per heavy atom. The second-order valence-electron chi connectivity index (χ2n) is 4.72. The second kappa shape index (κ2) is 9.01. The van der Waals surface area contributed by atoms with Gasteiger partial charge in [-0.3, -0.25) is 5.32 Å². The molecule has 104 valence electrons. The lowest BCUT2D eigenvalue weighted by molar-refractivity contribution is 0.474. The summed E-state index contributed by atoms with van der Waals surface area (Å²) in [4.78, 5) is 0. The van der Waals surface area contributed by atoms with Crippen LogP contribution in [0.5, 0.6) is 0 Å². The SMILES string of the molecule is CCCCSCC(C#N)(NCCC)c1ccccc1. The van der Waals surface area contributed by atoms with Crippen molar-refractivity contribution in [3.63, 3.8) is 0 Å². The normalized spacial score (nSPS) is 13.7. The summed E-state index contributed by atoms with van der Waals surface area (Å²) in [6.07, 6.45) is 3.46. The molecule has 1 aromatic carbocycles. The van der Waals surface area contributed by atoms with Crippen molar-refractivity contribution in [2.24, 2.45) is 0 Å². The third-order valence-electron chi connectivity index (χ3n) is 3.10. The van der Waals surface area contributed by atoms with E-state index in [1.807, 2.05) is 42.1 Å². The van der Waals surface area contributed by atoms with Crippen LogP contribution in [0.4, 0.5) is 0 Å². The predicted molar refractivity (Wildman–Crippen MR) is 84.3 cm³/mol. The Kier molecular flexibility index (Phi) is 7.62. The largest absolute Gasteiger partial charge is 0.295 e. The number of thioether (sulfide) groups is 1. The van der Waals surface area contributed by atoms with Gasteiger partial charge in [0.2, 0.25) is 0 Å². The molecule has 1 N–H and O–H groups in total. The van der Waals surface area contributed by atoms with Gasteiger partial charge in [0, 0.05) is 5.75 Å². The third-order valence-corrected chi connectivity index (χ3v) is 4.31. The molecule has 19 heavy (non-hydrogen) atoms. The Labute approximate surface area is 121 Å². The summed E-state index contributed by atoms with van der Waals surface area (Å²) >= 11 is 1.87. The molecule has 0 bridgehead atoms. The van der Waals surface area contributed by atoms with Gasteiger partial charge < -0.3 is 0 Å². The van der Waals surface area contributed by atoms with E-state index < -0.39 is 5.54 Å². The summed E-state index contributed by atoms with van der Waals surface area (Å²) < 4.78 is 0. The van der Waals surface area contributed by atoms with Crippen LogP contribution in [0.15, 0.2) is 30.3 Å². The topological polar surface area (TPSA) is 35.8 Å². The van der Waals surface area contributed by atoms with Crippen molar-refractivity contribution in [2.45, 2.75) is 38.6 Å². The standard InChI is InChI=1S/C16H24N2S/c1-3-5-12-19-14-16(13-17,18-11-4-2)15-9-7-6-8-10-15/h6-10,18H,3-5,11-12,14H2,1-2H3. The highest BCUT2D eigenvalue weighted by atomic mass is 32.2. The van der Waals surface area contributed by atoms with Crippen LogP contribution in [-0.2, 0) is 5.54 Å². The fourth-order valence-corrected chi connectivity index (χ4v) is 3.18. The van der Waals surface area contributed by atoms with Crippen LogP contribution < -0.4 is 5.32 Å². The average molecular weight is 276 g/mol. The first kappa shape index (κ1) is 16.1. The molecular weight excluding hydrogens is 252 g/mol. The van der Waals surface area contributed by atoms with Crippen LogP contribution in [0.25, 0.3) is 0 Å². The van der Waals surface area contributed by atoms with Crippen molar-refractivity contribution >= 4 is 11.8 Å². The quantitative estimate of drug-likeness (QED) is 0.694. The smallest absolute Gasteiger partial charge is 0.141 e. The Morgan fingerprint density at radius 1 is 1.21 bits per heavy atom.